The highest BCUT2D eigenvalue weighted by Gasteiger charge is 2.30. The van der Waals surface area contributed by atoms with Gasteiger partial charge in [-0.05, 0) is 24.5 Å². The molecule has 0 saturated heterocycles. The highest BCUT2D eigenvalue weighted by Crippen LogP contribution is 2.23. The maximum absolute atomic E-state index is 12.5. The van der Waals surface area contributed by atoms with Gasteiger partial charge in [0, 0.05) is 13.0 Å². The molecule has 2 N–H and O–H groups in total. The Morgan fingerprint density at radius 3 is 2.95 bits per heavy atom. The van der Waals surface area contributed by atoms with Crippen molar-refractivity contribution < 1.29 is 9.90 Å². The number of carboxylic acids is 1. The molecule has 3 rings (SSSR count). The highest BCUT2D eigenvalue weighted by molar-refractivity contribution is 5.72. The summed E-state index contributed by atoms with van der Waals surface area (Å²) in [6.07, 6.45) is 2.43. The van der Waals surface area contributed by atoms with E-state index in [0.29, 0.717) is 30.9 Å². The van der Waals surface area contributed by atoms with E-state index >= 15 is 0 Å². The fourth-order valence-electron chi connectivity index (χ4n) is 2.76. The van der Waals surface area contributed by atoms with Crippen molar-refractivity contribution in [3.8, 4) is 0 Å². The number of hydrogen-bond acceptors (Lipinski definition) is 4. The summed E-state index contributed by atoms with van der Waals surface area (Å²) in [5, 5.41) is 12.3. The Bertz CT molecular complexity index is 782. The zero-order valence-electron chi connectivity index (χ0n) is 12.2. The lowest BCUT2D eigenvalue weighted by molar-refractivity contribution is -0.140. The Kier molecular flexibility index (Phi) is 3.66. The molecule has 0 aliphatic carbocycles. The third-order valence-electron chi connectivity index (χ3n) is 4.04. The number of aryl methyl sites for hydroxylation is 2. The summed E-state index contributed by atoms with van der Waals surface area (Å²) in [4.78, 5) is 27.9. The van der Waals surface area contributed by atoms with Crippen molar-refractivity contribution in [2.24, 2.45) is 0 Å². The molecule has 1 atom stereocenters. The fraction of sp³-hybridized carbons (Fsp3) is 0.312. The molecule has 0 unspecified atom stereocenters. The molecular weight excluding hydrogens is 282 g/mol. The van der Waals surface area contributed by atoms with Gasteiger partial charge in [0.25, 0.3) is 5.56 Å². The lowest BCUT2D eigenvalue weighted by Gasteiger charge is -2.13. The maximum atomic E-state index is 12.5. The Hall–Kier alpha value is -2.63. The number of aromatic nitrogens is 2. The number of carbonyl (C=O) groups is 1. The largest absolute Gasteiger partial charge is 0.480 e. The minimum absolute atomic E-state index is 0.316. The lowest BCUT2D eigenvalue weighted by atomic mass is 10.1. The molecule has 0 amide bonds. The van der Waals surface area contributed by atoms with Gasteiger partial charge in [-0.1, -0.05) is 24.3 Å². The van der Waals surface area contributed by atoms with Crippen LogP contribution >= 0.6 is 0 Å². The van der Waals surface area contributed by atoms with Crippen molar-refractivity contribution >= 4 is 11.7 Å². The first-order valence-electron chi connectivity index (χ1n) is 7.19. The van der Waals surface area contributed by atoms with E-state index in [2.05, 4.69) is 10.3 Å². The average molecular weight is 299 g/mol. The van der Waals surface area contributed by atoms with Crippen LogP contribution in [0.3, 0.4) is 0 Å². The van der Waals surface area contributed by atoms with Gasteiger partial charge >= 0.3 is 5.97 Å². The van der Waals surface area contributed by atoms with E-state index in [1.165, 1.54) is 10.8 Å². The Labute approximate surface area is 127 Å². The number of rotatable bonds is 4. The number of nitrogens with one attached hydrogen (secondary N) is 1. The first-order chi connectivity index (χ1) is 10.6. The first kappa shape index (κ1) is 14.3. The van der Waals surface area contributed by atoms with Gasteiger partial charge in [0.2, 0.25) is 0 Å². The molecule has 1 aliphatic rings. The van der Waals surface area contributed by atoms with Crippen molar-refractivity contribution in [3.63, 3.8) is 0 Å². The standard InChI is InChI=1S/C16H17N3O3/c1-10-4-2-3-5-11(10)8-17-12-9-18-14-7-6-13(16(21)22)19(14)15(12)20/h2-5,9,13,17H,6-8H2,1H3,(H,21,22)/t13-/m0/s1. The lowest BCUT2D eigenvalue weighted by Crippen LogP contribution is -2.30. The topological polar surface area (TPSA) is 84.2 Å². The molecule has 2 aromatic rings. The molecule has 1 aliphatic heterocycles. The van der Waals surface area contributed by atoms with Crippen molar-refractivity contribution in [2.45, 2.75) is 32.4 Å². The summed E-state index contributed by atoms with van der Waals surface area (Å²) in [5.74, 6) is -0.447. The second-order valence-electron chi connectivity index (χ2n) is 5.44. The summed E-state index contributed by atoms with van der Waals surface area (Å²) >= 11 is 0. The van der Waals surface area contributed by atoms with Crippen LogP contribution in [0.25, 0.3) is 0 Å². The quantitative estimate of drug-likeness (QED) is 0.898. The first-order valence-corrected chi connectivity index (χ1v) is 7.19. The molecule has 0 fully saturated rings. The zero-order valence-corrected chi connectivity index (χ0v) is 12.2. The second kappa shape index (κ2) is 5.63. The van der Waals surface area contributed by atoms with E-state index in [1.54, 1.807) is 0 Å². The molecule has 0 radical (unpaired) electrons. The molecule has 6 nitrogen and oxygen atoms in total. The fourth-order valence-corrected chi connectivity index (χ4v) is 2.76. The predicted octanol–water partition coefficient (Wildman–Crippen LogP) is 1.74. The highest BCUT2D eigenvalue weighted by atomic mass is 16.4. The van der Waals surface area contributed by atoms with E-state index in [-0.39, 0.29) is 5.56 Å². The molecular formula is C16H17N3O3. The van der Waals surface area contributed by atoms with Crippen LogP contribution < -0.4 is 10.9 Å². The molecule has 22 heavy (non-hydrogen) atoms. The third-order valence-corrected chi connectivity index (χ3v) is 4.04. The van der Waals surface area contributed by atoms with Gasteiger partial charge in [0.05, 0.1) is 6.20 Å². The summed E-state index contributed by atoms with van der Waals surface area (Å²) in [6, 6.07) is 7.09. The van der Waals surface area contributed by atoms with Gasteiger partial charge in [0.1, 0.15) is 17.6 Å². The van der Waals surface area contributed by atoms with Gasteiger partial charge in [0.15, 0.2) is 0 Å². The Morgan fingerprint density at radius 1 is 1.45 bits per heavy atom. The molecule has 0 spiro atoms. The number of carboxylic acid groups (broad SMARTS) is 1. The van der Waals surface area contributed by atoms with Crippen molar-refractivity contribution in [1.29, 1.82) is 0 Å². The molecule has 114 valence electrons. The van der Waals surface area contributed by atoms with E-state index < -0.39 is 12.0 Å². The van der Waals surface area contributed by atoms with E-state index in [1.807, 2.05) is 31.2 Å². The van der Waals surface area contributed by atoms with Crippen molar-refractivity contribution in [3.05, 3.63) is 57.8 Å². The van der Waals surface area contributed by atoms with Crippen molar-refractivity contribution in [1.82, 2.24) is 9.55 Å². The molecule has 0 saturated carbocycles. The monoisotopic (exact) mass is 299 g/mol. The van der Waals surface area contributed by atoms with Crippen LogP contribution in [-0.4, -0.2) is 20.6 Å². The van der Waals surface area contributed by atoms with Crippen LogP contribution in [-0.2, 0) is 17.8 Å². The van der Waals surface area contributed by atoms with Gasteiger partial charge in [-0.15, -0.1) is 0 Å². The molecule has 1 aromatic heterocycles. The number of aliphatic carboxylic acids is 1. The maximum Gasteiger partial charge on any atom is 0.326 e. The summed E-state index contributed by atoms with van der Waals surface area (Å²) in [7, 11) is 0. The number of hydrogen-bond donors (Lipinski definition) is 2. The van der Waals surface area contributed by atoms with Gasteiger partial charge in [-0.25, -0.2) is 9.78 Å². The normalized spacial score (nSPS) is 16.3. The van der Waals surface area contributed by atoms with Gasteiger partial charge in [-0.2, -0.15) is 0 Å². The van der Waals surface area contributed by atoms with Crippen LogP contribution in [0.4, 0.5) is 5.69 Å². The number of fused-ring (bicyclic) bond motifs is 1. The smallest absolute Gasteiger partial charge is 0.326 e. The SMILES string of the molecule is Cc1ccccc1CNc1cnc2n(c1=O)[C@H](C(=O)O)CC2. The number of nitrogens with zero attached hydrogens (tertiary/aromatic N) is 2. The average Bonchev–Trinajstić information content (AvgIpc) is 2.93. The summed E-state index contributed by atoms with van der Waals surface area (Å²) in [5.41, 5.74) is 2.23. The predicted molar refractivity (Wildman–Crippen MR) is 82.0 cm³/mol. The Balaban J connectivity index is 1.87. The summed E-state index contributed by atoms with van der Waals surface area (Å²) in [6.45, 7) is 2.51. The van der Waals surface area contributed by atoms with Crippen LogP contribution in [0, 0.1) is 6.92 Å². The van der Waals surface area contributed by atoms with E-state index in [4.69, 9.17) is 0 Å². The van der Waals surface area contributed by atoms with E-state index in [9.17, 15) is 14.7 Å². The second-order valence-corrected chi connectivity index (χ2v) is 5.44. The number of benzene rings is 1. The van der Waals surface area contributed by atoms with Crippen LogP contribution in [0.15, 0.2) is 35.3 Å². The van der Waals surface area contributed by atoms with Crippen LogP contribution in [0.2, 0.25) is 0 Å². The van der Waals surface area contributed by atoms with Crippen molar-refractivity contribution in [2.75, 3.05) is 5.32 Å². The molecule has 2 heterocycles. The zero-order chi connectivity index (χ0) is 15.7. The third kappa shape index (κ3) is 2.47. The molecule has 0 bridgehead atoms. The Morgan fingerprint density at radius 2 is 2.23 bits per heavy atom. The minimum Gasteiger partial charge on any atom is -0.480 e. The van der Waals surface area contributed by atoms with Gasteiger partial charge < -0.3 is 10.4 Å². The number of anilines is 1. The minimum atomic E-state index is -0.987. The van der Waals surface area contributed by atoms with Crippen LogP contribution in [0.1, 0.15) is 29.4 Å². The van der Waals surface area contributed by atoms with Gasteiger partial charge in [-0.3, -0.25) is 9.36 Å². The molecule has 6 heteroatoms. The van der Waals surface area contributed by atoms with E-state index in [0.717, 1.165) is 11.1 Å². The summed E-state index contributed by atoms with van der Waals surface area (Å²) < 4.78 is 1.29. The molecule has 1 aromatic carbocycles. The van der Waals surface area contributed by atoms with Crippen LogP contribution in [0.5, 0.6) is 0 Å².